The molecule has 4 rings (SSSR count). The molecule has 1 N–H and O–H groups in total. The lowest BCUT2D eigenvalue weighted by atomic mass is 9.78. The van der Waals surface area contributed by atoms with E-state index in [4.69, 9.17) is 13.9 Å². The van der Waals surface area contributed by atoms with Crippen LogP contribution in [0.15, 0.2) is 39.9 Å². The average Bonchev–Trinajstić information content (AvgIpc) is 3.20. The summed E-state index contributed by atoms with van der Waals surface area (Å²) in [6, 6.07) is 5.29. The lowest BCUT2D eigenvalue weighted by Crippen LogP contribution is -2.32. The number of pyridine rings is 1. The van der Waals surface area contributed by atoms with Gasteiger partial charge in [-0.2, -0.15) is 0 Å². The second-order valence-electron chi connectivity index (χ2n) is 9.73. The van der Waals surface area contributed by atoms with Gasteiger partial charge in [0.15, 0.2) is 5.43 Å². The van der Waals surface area contributed by atoms with Crippen molar-refractivity contribution in [3.8, 4) is 28.5 Å². The first-order valence-corrected chi connectivity index (χ1v) is 11.3. The SMILES string of the molecule is COCCCOc1cc2c(cc1-c1nc(C)co1)-c1cc(=O)c(C(=O)O)cn1[C@H](C(C)(C)C)C2. The molecule has 0 amide bonds. The summed E-state index contributed by atoms with van der Waals surface area (Å²) in [5.74, 6) is -0.145. The molecule has 0 spiro atoms. The third kappa shape index (κ3) is 4.50. The standard InChI is InChI=1S/C26H30N2O6/c1-15-14-34-24(27-15)18-11-17-16(9-22(18)33-8-6-7-32-5)10-23(26(2,3)4)28-13-19(25(30)31)21(29)12-20(17)28/h9,11-14,23H,6-8,10H2,1-5H3,(H,30,31)/t23-/m0/s1. The predicted octanol–water partition coefficient (Wildman–Crippen LogP) is 4.74. The van der Waals surface area contributed by atoms with Crippen molar-refractivity contribution in [2.75, 3.05) is 20.3 Å². The number of carbonyl (C=O) groups is 1. The summed E-state index contributed by atoms with van der Waals surface area (Å²) in [5.41, 5.74) is 3.02. The minimum Gasteiger partial charge on any atom is -0.493 e. The third-order valence-corrected chi connectivity index (χ3v) is 6.14. The maximum Gasteiger partial charge on any atom is 0.341 e. The van der Waals surface area contributed by atoms with Gasteiger partial charge in [-0.3, -0.25) is 4.79 Å². The highest BCUT2D eigenvalue weighted by Gasteiger charge is 2.34. The molecule has 0 aliphatic carbocycles. The number of carboxylic acids is 1. The first-order valence-electron chi connectivity index (χ1n) is 11.3. The summed E-state index contributed by atoms with van der Waals surface area (Å²) < 4.78 is 18.9. The number of benzene rings is 1. The van der Waals surface area contributed by atoms with Gasteiger partial charge in [-0.1, -0.05) is 20.8 Å². The van der Waals surface area contributed by atoms with Crippen molar-refractivity contribution < 1.29 is 23.8 Å². The molecule has 0 saturated carbocycles. The Bertz CT molecular complexity index is 1280. The van der Waals surface area contributed by atoms with E-state index in [-0.39, 0.29) is 17.0 Å². The van der Waals surface area contributed by atoms with Gasteiger partial charge >= 0.3 is 5.97 Å². The van der Waals surface area contributed by atoms with Crippen molar-refractivity contribution in [2.45, 2.75) is 46.6 Å². The van der Waals surface area contributed by atoms with Gasteiger partial charge in [-0.15, -0.1) is 0 Å². The zero-order chi connectivity index (χ0) is 24.6. The average molecular weight is 467 g/mol. The first kappa shape index (κ1) is 23.8. The van der Waals surface area contributed by atoms with Crippen LogP contribution in [0.4, 0.5) is 0 Å². The molecule has 8 nitrogen and oxygen atoms in total. The largest absolute Gasteiger partial charge is 0.493 e. The predicted molar refractivity (Wildman–Crippen MR) is 128 cm³/mol. The fourth-order valence-electron chi connectivity index (χ4n) is 4.39. The fraction of sp³-hybridized carbons (Fsp3) is 0.423. The van der Waals surface area contributed by atoms with Gasteiger partial charge in [0.25, 0.3) is 0 Å². The van der Waals surface area contributed by atoms with Crippen molar-refractivity contribution in [3.05, 3.63) is 57.7 Å². The Labute approximate surface area is 198 Å². The van der Waals surface area contributed by atoms with E-state index in [1.54, 1.807) is 13.4 Å². The molecule has 34 heavy (non-hydrogen) atoms. The molecule has 2 aromatic heterocycles. The monoisotopic (exact) mass is 466 g/mol. The van der Waals surface area contributed by atoms with Crippen LogP contribution in [0.1, 0.15) is 54.8 Å². The number of aromatic carboxylic acids is 1. The second-order valence-corrected chi connectivity index (χ2v) is 9.73. The summed E-state index contributed by atoms with van der Waals surface area (Å²) in [6.45, 7) is 9.23. The smallest absolute Gasteiger partial charge is 0.341 e. The molecule has 0 fully saturated rings. The molecular formula is C26H30N2O6. The highest BCUT2D eigenvalue weighted by atomic mass is 16.5. The lowest BCUT2D eigenvalue weighted by Gasteiger charge is -2.39. The molecule has 1 aromatic carbocycles. The van der Waals surface area contributed by atoms with E-state index < -0.39 is 11.4 Å². The molecule has 1 aliphatic rings. The van der Waals surface area contributed by atoms with E-state index in [0.717, 1.165) is 23.2 Å². The highest BCUT2D eigenvalue weighted by molar-refractivity contribution is 5.88. The van der Waals surface area contributed by atoms with Crippen molar-refractivity contribution >= 4 is 5.97 Å². The number of oxazole rings is 1. The van der Waals surface area contributed by atoms with Crippen LogP contribution in [0.3, 0.4) is 0 Å². The number of carboxylic acid groups (broad SMARTS) is 1. The Morgan fingerprint density at radius 3 is 2.62 bits per heavy atom. The van der Waals surface area contributed by atoms with Crippen molar-refractivity contribution in [1.82, 2.24) is 9.55 Å². The number of aryl methyl sites for hydroxylation is 1. The second kappa shape index (κ2) is 9.10. The maximum atomic E-state index is 12.7. The molecule has 3 heterocycles. The van der Waals surface area contributed by atoms with E-state index in [0.29, 0.717) is 42.5 Å². The van der Waals surface area contributed by atoms with Crippen LogP contribution in [0.5, 0.6) is 5.75 Å². The molecule has 0 saturated heterocycles. The lowest BCUT2D eigenvalue weighted by molar-refractivity contribution is 0.0693. The molecular weight excluding hydrogens is 436 g/mol. The number of nitrogens with zero attached hydrogens (tertiary/aromatic N) is 2. The molecule has 0 bridgehead atoms. The first-order chi connectivity index (χ1) is 16.1. The Balaban J connectivity index is 1.91. The quantitative estimate of drug-likeness (QED) is 0.502. The maximum absolute atomic E-state index is 12.7. The normalized spacial score (nSPS) is 15.0. The van der Waals surface area contributed by atoms with E-state index in [2.05, 4.69) is 25.8 Å². The minimum absolute atomic E-state index is 0.0510. The van der Waals surface area contributed by atoms with Gasteiger partial charge in [0.1, 0.15) is 17.6 Å². The Morgan fingerprint density at radius 2 is 2.00 bits per heavy atom. The Morgan fingerprint density at radius 1 is 1.24 bits per heavy atom. The molecule has 8 heteroatoms. The number of fused-ring (bicyclic) bond motifs is 3. The van der Waals surface area contributed by atoms with Crippen LogP contribution in [0, 0.1) is 12.3 Å². The zero-order valence-corrected chi connectivity index (χ0v) is 20.2. The number of rotatable bonds is 7. The van der Waals surface area contributed by atoms with Crippen LogP contribution >= 0.6 is 0 Å². The summed E-state index contributed by atoms with van der Waals surface area (Å²) in [7, 11) is 1.65. The summed E-state index contributed by atoms with van der Waals surface area (Å²) >= 11 is 0. The summed E-state index contributed by atoms with van der Waals surface area (Å²) in [4.78, 5) is 28.8. The Hall–Kier alpha value is -3.39. The Kier molecular flexibility index (Phi) is 6.36. The van der Waals surface area contributed by atoms with Crippen LogP contribution in [0.2, 0.25) is 0 Å². The molecule has 1 atom stereocenters. The molecule has 3 aromatic rings. The van der Waals surface area contributed by atoms with E-state index in [1.807, 2.05) is 23.6 Å². The molecule has 0 unspecified atom stereocenters. The van der Waals surface area contributed by atoms with Gasteiger partial charge in [0.2, 0.25) is 5.89 Å². The number of hydrogen-bond donors (Lipinski definition) is 1. The van der Waals surface area contributed by atoms with Gasteiger partial charge in [0, 0.05) is 44.0 Å². The van der Waals surface area contributed by atoms with Crippen molar-refractivity contribution in [1.29, 1.82) is 0 Å². The van der Waals surface area contributed by atoms with Crippen LogP contribution in [0.25, 0.3) is 22.7 Å². The number of aromatic nitrogens is 2. The molecule has 180 valence electrons. The van der Waals surface area contributed by atoms with Crippen LogP contribution in [-0.4, -0.2) is 41.0 Å². The summed E-state index contributed by atoms with van der Waals surface area (Å²) in [5, 5.41) is 9.54. The number of ether oxygens (including phenoxy) is 2. The number of hydrogen-bond acceptors (Lipinski definition) is 6. The zero-order valence-electron chi connectivity index (χ0n) is 20.2. The van der Waals surface area contributed by atoms with Crippen LogP contribution < -0.4 is 10.2 Å². The highest BCUT2D eigenvalue weighted by Crippen LogP contribution is 2.45. The number of methoxy groups -OCH3 is 1. The van der Waals surface area contributed by atoms with Crippen molar-refractivity contribution in [2.24, 2.45) is 5.41 Å². The van der Waals surface area contributed by atoms with Crippen molar-refractivity contribution in [3.63, 3.8) is 0 Å². The van der Waals surface area contributed by atoms with Gasteiger partial charge < -0.3 is 23.6 Å². The van der Waals surface area contributed by atoms with Gasteiger partial charge in [0.05, 0.1) is 23.6 Å². The third-order valence-electron chi connectivity index (χ3n) is 6.14. The van der Waals surface area contributed by atoms with Gasteiger partial charge in [-0.25, -0.2) is 9.78 Å². The van der Waals surface area contributed by atoms with Gasteiger partial charge in [-0.05, 0) is 36.5 Å². The molecule has 0 radical (unpaired) electrons. The fourth-order valence-corrected chi connectivity index (χ4v) is 4.39. The summed E-state index contributed by atoms with van der Waals surface area (Å²) in [6.07, 6.45) is 4.45. The van der Waals surface area contributed by atoms with E-state index >= 15 is 0 Å². The minimum atomic E-state index is -1.23. The van der Waals surface area contributed by atoms with Crippen LogP contribution in [-0.2, 0) is 11.2 Å². The molecule has 1 aliphatic heterocycles. The topological polar surface area (TPSA) is 104 Å². The van der Waals surface area contributed by atoms with E-state index in [9.17, 15) is 14.7 Å². The van der Waals surface area contributed by atoms with E-state index in [1.165, 1.54) is 12.3 Å².